The summed E-state index contributed by atoms with van der Waals surface area (Å²) < 4.78 is 112. The minimum Gasteiger partial charge on any atom is -0.493 e. The minimum absolute atomic E-state index is 0.0859. The van der Waals surface area contributed by atoms with E-state index < -0.39 is 35.2 Å². The largest absolute Gasteiger partial charge is 0.573 e. The molecule has 0 saturated carbocycles. The van der Waals surface area contributed by atoms with Crippen LogP contribution in [0.25, 0.3) is 22.3 Å². The van der Waals surface area contributed by atoms with Crippen molar-refractivity contribution in [1.82, 2.24) is 37.8 Å². The lowest BCUT2D eigenvalue weighted by molar-refractivity contribution is -0.275. The molecule has 1 unspecified atom stereocenters. The van der Waals surface area contributed by atoms with E-state index in [0.29, 0.717) is 84.6 Å². The molecule has 1 atom stereocenters. The first-order chi connectivity index (χ1) is 40.6. The number of unbranched alkanes of at least 4 members (excludes halogenated alkanes) is 1. The molecule has 0 spiro atoms. The Morgan fingerprint density at radius 2 is 1.15 bits per heavy atom. The third-order valence-electron chi connectivity index (χ3n) is 13.1. The van der Waals surface area contributed by atoms with E-state index >= 15 is 0 Å². The minimum atomic E-state index is -4.79. The van der Waals surface area contributed by atoms with Crippen LogP contribution in [0.3, 0.4) is 0 Å². The smallest absolute Gasteiger partial charge is 0.493 e. The number of ether oxygens (including phenoxy) is 6. The number of benzene rings is 4. The molecule has 4 aromatic carbocycles. The van der Waals surface area contributed by atoms with Crippen LogP contribution >= 0.6 is 39.1 Å². The van der Waals surface area contributed by atoms with Gasteiger partial charge >= 0.3 is 24.1 Å². The lowest BCUT2D eigenvalue weighted by Crippen LogP contribution is -2.39. The number of halogens is 9. The molecule has 0 radical (unpaired) electrons. The maximum Gasteiger partial charge on any atom is 0.573 e. The fraction of sp³-hybridized carbons (Fsp3) is 0.414. The molecular weight excluding hydrogens is 1230 g/mol. The summed E-state index contributed by atoms with van der Waals surface area (Å²) in [6, 6.07) is 24.9. The van der Waals surface area contributed by atoms with Crippen molar-refractivity contribution in [3.05, 3.63) is 172 Å². The van der Waals surface area contributed by atoms with Gasteiger partial charge in [-0.2, -0.15) is 0 Å². The first kappa shape index (κ1) is 65.5. The number of aromatic nitrogens is 8. The Kier molecular flexibility index (Phi) is 23.8. The molecule has 1 N–H and O–H groups in total. The highest BCUT2D eigenvalue weighted by molar-refractivity contribution is 9.09. The molecule has 1 aliphatic heterocycles. The number of imidazole rings is 2. The van der Waals surface area contributed by atoms with Crippen LogP contribution in [0.5, 0.6) is 23.0 Å². The third-order valence-corrected chi connectivity index (χ3v) is 14.1. The summed E-state index contributed by atoms with van der Waals surface area (Å²) in [6.07, 6.45) is -1.73. The summed E-state index contributed by atoms with van der Waals surface area (Å²) in [7, 11) is 3.11. The molecular formula is C58H63BrCl2F6N8O10. The number of H-pyrrole nitrogens is 1. The second-order valence-corrected chi connectivity index (χ2v) is 21.1. The first-order valence-electron chi connectivity index (χ1n) is 27.2. The van der Waals surface area contributed by atoms with Crippen LogP contribution in [-0.2, 0) is 56.0 Å². The van der Waals surface area contributed by atoms with Crippen LogP contribution in [0.15, 0.2) is 116 Å². The Hall–Kier alpha value is -7.06. The van der Waals surface area contributed by atoms with E-state index in [1.54, 1.807) is 40.4 Å². The summed E-state index contributed by atoms with van der Waals surface area (Å²) in [5.74, 6) is 0.843. The number of aryl methyl sites for hydroxylation is 4. The quantitative estimate of drug-likeness (QED) is 0.0363. The maximum atomic E-state index is 13.5. The molecule has 8 aromatic rings. The van der Waals surface area contributed by atoms with Crippen molar-refractivity contribution < 1.29 is 54.8 Å². The Morgan fingerprint density at radius 3 is 1.64 bits per heavy atom. The highest BCUT2D eigenvalue weighted by atomic mass is 79.9. The molecule has 0 aliphatic carbocycles. The first-order valence-corrected chi connectivity index (χ1v) is 29.1. The second kappa shape index (κ2) is 30.8. The van der Waals surface area contributed by atoms with Gasteiger partial charge in [0.15, 0.2) is 28.6 Å². The van der Waals surface area contributed by atoms with Crippen molar-refractivity contribution >= 4 is 61.5 Å². The van der Waals surface area contributed by atoms with E-state index in [-0.39, 0.29) is 53.7 Å². The van der Waals surface area contributed by atoms with Crippen LogP contribution < -0.4 is 41.4 Å². The molecule has 0 amide bonds. The van der Waals surface area contributed by atoms with E-state index in [1.165, 1.54) is 70.0 Å². The van der Waals surface area contributed by atoms with E-state index in [1.807, 2.05) is 31.2 Å². The Labute approximate surface area is 501 Å². The van der Waals surface area contributed by atoms with Crippen molar-refractivity contribution in [3.63, 3.8) is 0 Å². The van der Waals surface area contributed by atoms with Gasteiger partial charge in [0.05, 0.1) is 19.8 Å². The zero-order valence-electron chi connectivity index (χ0n) is 46.7. The summed E-state index contributed by atoms with van der Waals surface area (Å²) in [5.41, 5.74) is 0.959. The number of hydrogen-bond donors (Lipinski definition) is 1. The fourth-order valence-corrected chi connectivity index (χ4v) is 9.43. The van der Waals surface area contributed by atoms with Gasteiger partial charge in [-0.15, -0.1) is 26.3 Å². The average molecular weight is 1300 g/mol. The third kappa shape index (κ3) is 19.2. The van der Waals surface area contributed by atoms with Crippen LogP contribution in [0.1, 0.15) is 81.1 Å². The number of rotatable bonds is 23. The predicted octanol–water partition coefficient (Wildman–Crippen LogP) is 11.7. The molecule has 1 saturated heterocycles. The SMILES string of the molecule is BrCCCOC1CCCCO1.CCCCn1c(=O)c2c(nc(CCCOc3cccc(OC(F)(F)F)c3)n2Cc2ccc(Cl)cc2)n(C)c1=O.Cn1c(=O)[nH]c(=O)c2c1nc(CCCOc1cccc(OC(F)(F)F)c1)n2Cc1ccc(Cl)cc1. The van der Waals surface area contributed by atoms with E-state index in [9.17, 15) is 45.5 Å². The Balaban J connectivity index is 0.000000207. The van der Waals surface area contributed by atoms with Gasteiger partial charge in [0.2, 0.25) is 0 Å². The lowest BCUT2D eigenvalue weighted by Gasteiger charge is -2.22. The Morgan fingerprint density at radius 1 is 0.647 bits per heavy atom. The van der Waals surface area contributed by atoms with Crippen LogP contribution in [0, 0.1) is 0 Å². The molecule has 85 heavy (non-hydrogen) atoms. The molecule has 18 nitrogen and oxygen atoms in total. The van der Waals surface area contributed by atoms with Gasteiger partial charge in [-0.25, -0.2) is 19.6 Å². The standard InChI is InChI=1S/C27H28ClF3N4O4.C23H20ClF3N4O4.C8H15BrO2/c1-3-4-14-34-25(36)23-24(33(2)26(34)37)32-22(35(23)17-18-10-12-19(28)13-11-18)9-6-15-38-20-7-5-8-21(16-20)39-27(29,30)31;1-30-20-19(21(32)29-22(30)33)31(13-14-7-9-15(24)10-8-14)18(28-20)6-3-11-34-16-4-2-5-17(12-16)35-23(25,26)27;9-5-3-7-11-8-4-1-2-6-10-8/h5,7-8,10-13,16H,3-4,6,9,14-15,17H2,1-2H3;2,4-5,7-10,12H,3,6,11,13H2,1H3,(H,29,32,33);8H,1-7H2. The summed E-state index contributed by atoms with van der Waals surface area (Å²) in [6.45, 7) is 5.00. The number of alkyl halides is 7. The average Bonchev–Trinajstić information content (AvgIpc) is 2.50. The van der Waals surface area contributed by atoms with E-state index in [0.717, 1.165) is 61.1 Å². The van der Waals surface area contributed by atoms with Crippen molar-refractivity contribution in [2.45, 2.75) is 110 Å². The van der Waals surface area contributed by atoms with Gasteiger partial charge in [-0.1, -0.05) is 88.9 Å². The zero-order chi connectivity index (χ0) is 61.3. The van der Waals surface area contributed by atoms with Gasteiger partial charge < -0.3 is 37.6 Å². The van der Waals surface area contributed by atoms with Gasteiger partial charge in [0.1, 0.15) is 34.6 Å². The predicted molar refractivity (Wildman–Crippen MR) is 313 cm³/mol. The molecule has 0 bridgehead atoms. The van der Waals surface area contributed by atoms with Gasteiger partial charge in [-0.05, 0) is 105 Å². The van der Waals surface area contributed by atoms with Gasteiger partial charge in [-0.3, -0.25) is 28.3 Å². The second-order valence-electron chi connectivity index (χ2n) is 19.5. The Bertz CT molecular complexity index is 3710. The highest BCUT2D eigenvalue weighted by Gasteiger charge is 2.32. The molecule has 5 heterocycles. The maximum absolute atomic E-state index is 13.5. The van der Waals surface area contributed by atoms with E-state index in [4.69, 9.17) is 42.1 Å². The summed E-state index contributed by atoms with van der Waals surface area (Å²) in [5, 5.41) is 2.17. The number of aromatic amines is 1. The number of fused-ring (bicyclic) bond motifs is 2. The normalized spacial score (nSPS) is 13.5. The number of nitrogens with one attached hydrogen (secondary N) is 1. The molecule has 1 aliphatic rings. The van der Waals surface area contributed by atoms with Crippen molar-refractivity contribution in [2.24, 2.45) is 14.1 Å². The molecule has 27 heteroatoms. The zero-order valence-corrected chi connectivity index (χ0v) is 49.8. The van der Waals surface area contributed by atoms with E-state index in [2.05, 4.69) is 40.4 Å². The topological polar surface area (TPSA) is 190 Å². The van der Waals surface area contributed by atoms with Gasteiger partial charge in [0.25, 0.3) is 11.1 Å². The molecule has 1 fully saturated rings. The monoisotopic (exact) mass is 1290 g/mol. The lowest BCUT2D eigenvalue weighted by atomic mass is 10.2. The molecule has 458 valence electrons. The van der Waals surface area contributed by atoms with Crippen molar-refractivity contribution in [2.75, 3.05) is 31.8 Å². The highest BCUT2D eigenvalue weighted by Crippen LogP contribution is 2.28. The van der Waals surface area contributed by atoms with Gasteiger partial charge in [0, 0.05) is 80.7 Å². The van der Waals surface area contributed by atoms with Crippen LogP contribution in [0.2, 0.25) is 10.0 Å². The van der Waals surface area contributed by atoms with Crippen molar-refractivity contribution in [3.8, 4) is 23.0 Å². The number of nitrogens with zero attached hydrogens (tertiary/aromatic N) is 7. The van der Waals surface area contributed by atoms with Crippen LogP contribution in [0.4, 0.5) is 26.3 Å². The molecule has 4 aromatic heterocycles. The van der Waals surface area contributed by atoms with Crippen LogP contribution in [-0.4, -0.2) is 88.6 Å². The summed E-state index contributed by atoms with van der Waals surface area (Å²) >= 11 is 15.4. The molecule has 9 rings (SSSR count). The van der Waals surface area contributed by atoms with Crippen molar-refractivity contribution in [1.29, 1.82) is 0 Å². The number of hydrogen-bond acceptors (Lipinski definition) is 12. The fourth-order valence-electron chi connectivity index (χ4n) is 8.95. The summed E-state index contributed by atoms with van der Waals surface area (Å²) in [4.78, 5) is 62.5.